The summed E-state index contributed by atoms with van der Waals surface area (Å²) in [5.41, 5.74) is 6.00. The van der Waals surface area contributed by atoms with Crippen molar-refractivity contribution in [3.63, 3.8) is 0 Å². The summed E-state index contributed by atoms with van der Waals surface area (Å²) in [6.07, 6.45) is -4.39. The molecule has 0 saturated heterocycles. The van der Waals surface area contributed by atoms with Crippen LogP contribution >= 0.6 is 27.3 Å². The fraction of sp³-hybridized carbons (Fsp3) is 0.167. The molecule has 0 aliphatic rings. The maximum Gasteiger partial charge on any atom is 0.416 e. The summed E-state index contributed by atoms with van der Waals surface area (Å²) in [5.74, 6) is 0. The average Bonchev–Trinajstić information content (AvgIpc) is 2.73. The molecule has 0 bridgehead atoms. The first-order chi connectivity index (χ1) is 8.41. The normalized spacial score (nSPS) is 13.6. The second kappa shape index (κ2) is 5.03. The molecule has 2 aromatic rings. The fourth-order valence-corrected chi connectivity index (χ4v) is 3.29. The molecule has 1 aromatic carbocycles. The zero-order valence-corrected chi connectivity index (χ0v) is 11.4. The molecule has 1 nitrogen and oxygen atoms in total. The Balaban J connectivity index is 2.49. The van der Waals surface area contributed by atoms with Crippen molar-refractivity contribution in [3.05, 3.63) is 56.2 Å². The summed E-state index contributed by atoms with van der Waals surface area (Å²) >= 11 is 4.68. The van der Waals surface area contributed by atoms with Crippen LogP contribution in [0, 0.1) is 0 Å². The molecule has 96 valence electrons. The van der Waals surface area contributed by atoms with Crippen LogP contribution in [0.25, 0.3) is 0 Å². The minimum absolute atomic E-state index is 0.0871. The second-order valence-electron chi connectivity index (χ2n) is 3.74. The number of hydrogen-bond donors (Lipinski definition) is 1. The first-order valence-electron chi connectivity index (χ1n) is 5.04. The molecular formula is C12H9BrF3NS. The van der Waals surface area contributed by atoms with E-state index < -0.39 is 17.8 Å². The number of thiophene rings is 1. The standard InChI is InChI=1S/C12H9BrF3NS/c13-10-6-18-5-8(10)11(17)7-3-1-2-4-9(7)12(14,15)16/h1-6,11H,17H2. The minimum Gasteiger partial charge on any atom is -0.320 e. The number of alkyl halides is 3. The number of nitrogens with two attached hydrogens (primary N) is 1. The molecule has 0 aliphatic carbocycles. The number of halogens is 4. The SMILES string of the molecule is NC(c1cscc1Br)c1ccccc1C(F)(F)F. The van der Waals surface area contributed by atoms with E-state index in [4.69, 9.17) is 5.73 Å². The summed E-state index contributed by atoms with van der Waals surface area (Å²) in [5, 5.41) is 3.55. The molecule has 1 heterocycles. The van der Waals surface area contributed by atoms with Crippen molar-refractivity contribution in [1.29, 1.82) is 0 Å². The monoisotopic (exact) mass is 335 g/mol. The quantitative estimate of drug-likeness (QED) is 0.854. The van der Waals surface area contributed by atoms with Crippen LogP contribution in [0.5, 0.6) is 0 Å². The highest BCUT2D eigenvalue weighted by atomic mass is 79.9. The third-order valence-corrected chi connectivity index (χ3v) is 4.33. The Labute approximate surface area is 115 Å². The highest BCUT2D eigenvalue weighted by molar-refractivity contribution is 9.10. The maximum absolute atomic E-state index is 12.9. The van der Waals surface area contributed by atoms with Gasteiger partial charge in [0.15, 0.2) is 0 Å². The summed E-state index contributed by atoms with van der Waals surface area (Å²) in [7, 11) is 0. The average molecular weight is 336 g/mol. The van der Waals surface area contributed by atoms with Crippen LogP contribution in [-0.2, 0) is 6.18 Å². The summed E-state index contributed by atoms with van der Waals surface area (Å²) in [6.45, 7) is 0. The summed E-state index contributed by atoms with van der Waals surface area (Å²) < 4.78 is 39.4. The van der Waals surface area contributed by atoms with E-state index in [9.17, 15) is 13.2 Å². The minimum atomic E-state index is -4.39. The first kappa shape index (κ1) is 13.6. The highest BCUT2D eigenvalue weighted by Gasteiger charge is 2.34. The molecule has 0 radical (unpaired) electrons. The second-order valence-corrected chi connectivity index (χ2v) is 5.34. The van der Waals surface area contributed by atoms with Gasteiger partial charge in [-0.05, 0) is 38.5 Å². The molecule has 6 heteroatoms. The van der Waals surface area contributed by atoms with E-state index in [0.717, 1.165) is 10.5 Å². The number of hydrogen-bond acceptors (Lipinski definition) is 2. The van der Waals surface area contributed by atoms with Gasteiger partial charge in [0.1, 0.15) is 0 Å². The van der Waals surface area contributed by atoms with Crippen molar-refractivity contribution >= 4 is 27.3 Å². The fourth-order valence-electron chi connectivity index (χ4n) is 1.71. The van der Waals surface area contributed by atoms with Crippen LogP contribution in [0.2, 0.25) is 0 Å². The lowest BCUT2D eigenvalue weighted by atomic mass is 9.96. The molecule has 1 unspecified atom stereocenters. The smallest absolute Gasteiger partial charge is 0.320 e. The third-order valence-electron chi connectivity index (χ3n) is 2.58. The van der Waals surface area contributed by atoms with Gasteiger partial charge < -0.3 is 5.73 Å². The van der Waals surface area contributed by atoms with Crippen molar-refractivity contribution in [2.45, 2.75) is 12.2 Å². The van der Waals surface area contributed by atoms with Gasteiger partial charge in [-0.1, -0.05) is 18.2 Å². The van der Waals surface area contributed by atoms with Gasteiger partial charge in [0.25, 0.3) is 0 Å². The van der Waals surface area contributed by atoms with E-state index in [0.29, 0.717) is 5.56 Å². The van der Waals surface area contributed by atoms with Gasteiger partial charge >= 0.3 is 6.18 Å². The van der Waals surface area contributed by atoms with Gasteiger partial charge in [-0.2, -0.15) is 24.5 Å². The van der Waals surface area contributed by atoms with Gasteiger partial charge in [0.2, 0.25) is 0 Å². The third kappa shape index (κ3) is 2.60. The lowest BCUT2D eigenvalue weighted by Gasteiger charge is -2.18. The highest BCUT2D eigenvalue weighted by Crippen LogP contribution is 2.37. The van der Waals surface area contributed by atoms with Gasteiger partial charge in [-0.25, -0.2) is 0 Å². The van der Waals surface area contributed by atoms with Crippen LogP contribution in [-0.4, -0.2) is 0 Å². The van der Waals surface area contributed by atoms with Gasteiger partial charge in [0.05, 0.1) is 11.6 Å². The van der Waals surface area contributed by atoms with E-state index >= 15 is 0 Å². The van der Waals surface area contributed by atoms with Gasteiger partial charge in [-0.15, -0.1) is 0 Å². The molecule has 2 N–H and O–H groups in total. The molecule has 0 amide bonds. The molecule has 0 spiro atoms. The Bertz CT molecular complexity index is 550. The van der Waals surface area contributed by atoms with Crippen LogP contribution in [0.1, 0.15) is 22.7 Å². The Morgan fingerprint density at radius 3 is 2.33 bits per heavy atom. The topological polar surface area (TPSA) is 26.0 Å². The molecule has 18 heavy (non-hydrogen) atoms. The number of rotatable bonds is 2. The molecular weight excluding hydrogens is 327 g/mol. The summed E-state index contributed by atoms with van der Waals surface area (Å²) in [6, 6.07) is 4.60. The van der Waals surface area contributed by atoms with E-state index in [1.165, 1.54) is 23.5 Å². The van der Waals surface area contributed by atoms with Gasteiger partial charge in [0, 0.05) is 9.85 Å². The van der Waals surface area contributed by atoms with Crippen LogP contribution in [0.3, 0.4) is 0 Å². The Morgan fingerprint density at radius 2 is 1.78 bits per heavy atom. The van der Waals surface area contributed by atoms with Crippen molar-refractivity contribution in [2.75, 3.05) is 0 Å². The predicted octanol–water partition coefficient (Wildman–Crippen LogP) is 4.58. The Morgan fingerprint density at radius 1 is 1.11 bits per heavy atom. The first-order valence-corrected chi connectivity index (χ1v) is 6.78. The zero-order chi connectivity index (χ0) is 13.3. The molecule has 0 fully saturated rings. The Hall–Kier alpha value is -0.850. The predicted molar refractivity (Wildman–Crippen MR) is 69.5 cm³/mol. The zero-order valence-electron chi connectivity index (χ0n) is 9.04. The lowest BCUT2D eigenvalue weighted by molar-refractivity contribution is -0.138. The van der Waals surface area contributed by atoms with Crippen molar-refractivity contribution < 1.29 is 13.2 Å². The van der Waals surface area contributed by atoms with E-state index in [1.807, 2.05) is 0 Å². The Kier molecular flexibility index (Phi) is 3.79. The van der Waals surface area contributed by atoms with E-state index in [2.05, 4.69) is 15.9 Å². The number of benzene rings is 1. The van der Waals surface area contributed by atoms with Crippen molar-refractivity contribution in [1.82, 2.24) is 0 Å². The molecule has 1 aromatic heterocycles. The largest absolute Gasteiger partial charge is 0.416 e. The molecule has 1 atom stereocenters. The van der Waals surface area contributed by atoms with Crippen LogP contribution in [0.4, 0.5) is 13.2 Å². The molecule has 2 rings (SSSR count). The van der Waals surface area contributed by atoms with Crippen LogP contribution < -0.4 is 5.73 Å². The van der Waals surface area contributed by atoms with Crippen LogP contribution in [0.15, 0.2) is 39.5 Å². The molecule has 0 aliphatic heterocycles. The van der Waals surface area contributed by atoms with E-state index in [-0.39, 0.29) is 5.56 Å². The maximum atomic E-state index is 12.9. The lowest BCUT2D eigenvalue weighted by Crippen LogP contribution is -2.18. The van der Waals surface area contributed by atoms with Crippen molar-refractivity contribution in [3.8, 4) is 0 Å². The van der Waals surface area contributed by atoms with Gasteiger partial charge in [-0.3, -0.25) is 0 Å². The molecule has 0 saturated carbocycles. The summed E-state index contributed by atoms with van der Waals surface area (Å²) in [4.78, 5) is 0. The van der Waals surface area contributed by atoms with Crippen molar-refractivity contribution in [2.24, 2.45) is 5.73 Å². The van der Waals surface area contributed by atoms with E-state index in [1.54, 1.807) is 16.8 Å².